The fraction of sp³-hybridized carbons (Fsp3) is 0.750. The molecule has 2 aliphatic carbocycles. The molecule has 1 heteroatoms. The van der Waals surface area contributed by atoms with Crippen molar-refractivity contribution in [3.05, 3.63) is 23.8 Å². The first-order valence-corrected chi connectivity index (χ1v) is 7.19. The third-order valence-electron chi connectivity index (χ3n) is 3.95. The highest BCUT2D eigenvalue weighted by molar-refractivity contribution is 5.22. The van der Waals surface area contributed by atoms with Gasteiger partial charge in [0.1, 0.15) is 0 Å². The van der Waals surface area contributed by atoms with Gasteiger partial charge in [0, 0.05) is 0 Å². The molecule has 2 aliphatic rings. The highest BCUT2D eigenvalue weighted by atomic mass is 16.5. The lowest BCUT2D eigenvalue weighted by molar-refractivity contribution is 0.0931. The van der Waals surface area contributed by atoms with Crippen molar-refractivity contribution in [1.82, 2.24) is 0 Å². The molecule has 0 aliphatic heterocycles. The molecule has 0 aromatic rings. The van der Waals surface area contributed by atoms with Crippen LogP contribution in [0, 0.1) is 17.8 Å². The molecule has 0 aromatic carbocycles. The SMILES string of the molecule is CC(C)[C@@H](COCC1=CCCC=C1)CC1CC1. The smallest absolute Gasteiger partial charge is 0.0713 e. The lowest BCUT2D eigenvalue weighted by atomic mass is 9.91. The molecule has 0 amide bonds. The third-order valence-corrected chi connectivity index (χ3v) is 3.95. The Hall–Kier alpha value is -0.560. The molecule has 0 saturated heterocycles. The summed E-state index contributed by atoms with van der Waals surface area (Å²) >= 11 is 0. The van der Waals surface area contributed by atoms with Gasteiger partial charge in [0.05, 0.1) is 13.2 Å². The summed E-state index contributed by atoms with van der Waals surface area (Å²) in [4.78, 5) is 0. The predicted molar refractivity (Wildman–Crippen MR) is 72.9 cm³/mol. The Balaban J connectivity index is 1.67. The van der Waals surface area contributed by atoms with Crippen LogP contribution >= 0.6 is 0 Å². The average Bonchev–Trinajstić information content (AvgIpc) is 3.13. The second kappa shape index (κ2) is 6.39. The van der Waals surface area contributed by atoms with Gasteiger partial charge in [-0.3, -0.25) is 0 Å². The molecule has 0 aromatic heterocycles. The van der Waals surface area contributed by atoms with Crippen LogP contribution in [-0.2, 0) is 4.74 Å². The predicted octanol–water partition coefficient (Wildman–Crippen LogP) is 4.35. The van der Waals surface area contributed by atoms with E-state index < -0.39 is 0 Å². The summed E-state index contributed by atoms with van der Waals surface area (Å²) in [7, 11) is 0. The van der Waals surface area contributed by atoms with Gasteiger partial charge in [-0.2, -0.15) is 0 Å². The van der Waals surface area contributed by atoms with E-state index in [0.717, 1.165) is 31.0 Å². The fourth-order valence-corrected chi connectivity index (χ4v) is 2.42. The molecule has 2 rings (SSSR count). The molecule has 1 saturated carbocycles. The fourth-order valence-electron chi connectivity index (χ4n) is 2.42. The third kappa shape index (κ3) is 4.67. The molecular weight excluding hydrogens is 208 g/mol. The molecule has 96 valence electrons. The van der Waals surface area contributed by atoms with E-state index >= 15 is 0 Å². The molecule has 0 bridgehead atoms. The van der Waals surface area contributed by atoms with Gasteiger partial charge in [-0.05, 0) is 42.6 Å². The van der Waals surface area contributed by atoms with E-state index in [0.29, 0.717) is 0 Å². The first-order valence-electron chi connectivity index (χ1n) is 7.19. The van der Waals surface area contributed by atoms with E-state index in [9.17, 15) is 0 Å². The summed E-state index contributed by atoms with van der Waals surface area (Å²) in [6.07, 6.45) is 13.5. The Bertz CT molecular complexity index is 284. The van der Waals surface area contributed by atoms with Gasteiger partial charge < -0.3 is 4.74 Å². The maximum Gasteiger partial charge on any atom is 0.0713 e. The Morgan fingerprint density at radius 3 is 2.71 bits per heavy atom. The summed E-state index contributed by atoms with van der Waals surface area (Å²) < 4.78 is 5.91. The zero-order valence-electron chi connectivity index (χ0n) is 11.3. The second-order valence-corrected chi connectivity index (χ2v) is 5.96. The van der Waals surface area contributed by atoms with Crippen molar-refractivity contribution in [3.8, 4) is 0 Å². The van der Waals surface area contributed by atoms with Gasteiger partial charge in [0.2, 0.25) is 0 Å². The standard InChI is InChI=1S/C16H26O/c1-13(2)16(10-14-8-9-14)12-17-11-15-6-4-3-5-7-15/h4,6-7,13-14,16H,3,5,8-12H2,1-2H3/t16-/m1/s1. The van der Waals surface area contributed by atoms with Crippen LogP contribution in [0.4, 0.5) is 0 Å². The van der Waals surface area contributed by atoms with E-state index in [1.807, 2.05) is 0 Å². The molecule has 17 heavy (non-hydrogen) atoms. The Morgan fingerprint density at radius 2 is 2.12 bits per heavy atom. The summed E-state index contributed by atoms with van der Waals surface area (Å²) in [5.74, 6) is 2.53. The van der Waals surface area contributed by atoms with Gasteiger partial charge in [-0.15, -0.1) is 0 Å². The van der Waals surface area contributed by atoms with E-state index in [1.165, 1.54) is 37.7 Å². The second-order valence-electron chi connectivity index (χ2n) is 5.96. The molecule has 0 N–H and O–H groups in total. The minimum atomic E-state index is 0.756. The van der Waals surface area contributed by atoms with Crippen LogP contribution in [0.1, 0.15) is 46.0 Å². The largest absolute Gasteiger partial charge is 0.376 e. The molecule has 1 fully saturated rings. The molecule has 0 spiro atoms. The molecule has 0 unspecified atom stereocenters. The van der Waals surface area contributed by atoms with Gasteiger partial charge in [0.15, 0.2) is 0 Å². The van der Waals surface area contributed by atoms with Gasteiger partial charge in [-0.25, -0.2) is 0 Å². The van der Waals surface area contributed by atoms with E-state index in [4.69, 9.17) is 4.74 Å². The van der Waals surface area contributed by atoms with Crippen LogP contribution < -0.4 is 0 Å². The molecule has 1 atom stereocenters. The number of hydrogen-bond acceptors (Lipinski definition) is 1. The number of rotatable bonds is 7. The number of ether oxygens (including phenoxy) is 1. The molecule has 1 nitrogen and oxygen atoms in total. The summed E-state index contributed by atoms with van der Waals surface area (Å²) in [6.45, 7) is 6.41. The van der Waals surface area contributed by atoms with Crippen molar-refractivity contribution in [2.75, 3.05) is 13.2 Å². The maximum atomic E-state index is 5.91. The van der Waals surface area contributed by atoms with Gasteiger partial charge in [-0.1, -0.05) is 44.9 Å². The summed E-state index contributed by atoms with van der Waals surface area (Å²) in [6, 6.07) is 0. The quantitative estimate of drug-likeness (QED) is 0.636. The minimum Gasteiger partial charge on any atom is -0.376 e. The van der Waals surface area contributed by atoms with Crippen LogP contribution in [-0.4, -0.2) is 13.2 Å². The lowest BCUT2D eigenvalue weighted by Crippen LogP contribution is -2.17. The Morgan fingerprint density at radius 1 is 1.29 bits per heavy atom. The van der Waals surface area contributed by atoms with Crippen LogP contribution in [0.5, 0.6) is 0 Å². The average molecular weight is 234 g/mol. The monoisotopic (exact) mass is 234 g/mol. The van der Waals surface area contributed by atoms with Crippen molar-refractivity contribution in [2.24, 2.45) is 17.8 Å². The number of hydrogen-bond donors (Lipinski definition) is 0. The van der Waals surface area contributed by atoms with Gasteiger partial charge in [0.25, 0.3) is 0 Å². The molecular formula is C16H26O. The lowest BCUT2D eigenvalue weighted by Gasteiger charge is -2.21. The van der Waals surface area contributed by atoms with Crippen molar-refractivity contribution < 1.29 is 4.74 Å². The zero-order valence-corrected chi connectivity index (χ0v) is 11.3. The van der Waals surface area contributed by atoms with Crippen molar-refractivity contribution in [1.29, 1.82) is 0 Å². The summed E-state index contributed by atoms with van der Waals surface area (Å²) in [5, 5.41) is 0. The first-order chi connectivity index (χ1) is 8.25. The van der Waals surface area contributed by atoms with Crippen LogP contribution in [0.25, 0.3) is 0 Å². The molecule has 0 radical (unpaired) electrons. The van der Waals surface area contributed by atoms with Crippen LogP contribution in [0.15, 0.2) is 23.8 Å². The Labute approximate surface area is 106 Å². The summed E-state index contributed by atoms with van der Waals surface area (Å²) in [5.41, 5.74) is 1.37. The maximum absolute atomic E-state index is 5.91. The highest BCUT2D eigenvalue weighted by Gasteiger charge is 2.27. The zero-order chi connectivity index (χ0) is 12.1. The van der Waals surface area contributed by atoms with Crippen molar-refractivity contribution >= 4 is 0 Å². The van der Waals surface area contributed by atoms with E-state index in [-0.39, 0.29) is 0 Å². The minimum absolute atomic E-state index is 0.756. The first kappa shape index (κ1) is 12.9. The number of allylic oxidation sites excluding steroid dienone is 2. The van der Waals surface area contributed by atoms with E-state index in [2.05, 4.69) is 32.1 Å². The van der Waals surface area contributed by atoms with Crippen LogP contribution in [0.3, 0.4) is 0 Å². The van der Waals surface area contributed by atoms with E-state index in [1.54, 1.807) is 0 Å². The van der Waals surface area contributed by atoms with Gasteiger partial charge >= 0.3 is 0 Å². The highest BCUT2D eigenvalue weighted by Crippen LogP contribution is 2.37. The normalized spacial score (nSPS) is 21.7. The van der Waals surface area contributed by atoms with Crippen molar-refractivity contribution in [2.45, 2.75) is 46.0 Å². The van der Waals surface area contributed by atoms with Crippen LogP contribution in [0.2, 0.25) is 0 Å². The Kier molecular flexibility index (Phi) is 4.85. The van der Waals surface area contributed by atoms with Crippen molar-refractivity contribution in [3.63, 3.8) is 0 Å². The topological polar surface area (TPSA) is 9.23 Å². The molecule has 0 heterocycles.